The Morgan fingerprint density at radius 2 is 1.72 bits per heavy atom. The molecule has 12 heteroatoms. The Morgan fingerprint density at radius 3 is 2.33 bits per heavy atom. The predicted octanol–water partition coefficient (Wildman–Crippen LogP) is 4.75. The molecule has 0 atom stereocenters. The molecule has 0 bridgehead atoms. The van der Waals surface area contributed by atoms with Gasteiger partial charge in [-0.3, -0.25) is 4.90 Å². The molecule has 1 aliphatic carbocycles. The van der Waals surface area contributed by atoms with Gasteiger partial charge in [0.05, 0.1) is 11.6 Å². The van der Waals surface area contributed by atoms with E-state index in [9.17, 15) is 23.2 Å². The van der Waals surface area contributed by atoms with Gasteiger partial charge >= 0.3 is 12.2 Å². The molecule has 4 N–H and O–H groups in total. The number of carbonyl (C=O) groups is 1. The van der Waals surface area contributed by atoms with Gasteiger partial charge in [-0.25, -0.2) is 9.48 Å². The second-order valence-electron chi connectivity index (χ2n) is 10.0. The van der Waals surface area contributed by atoms with E-state index in [0.717, 1.165) is 32.0 Å². The molecule has 0 spiro atoms. The molecule has 9 nitrogen and oxygen atoms in total. The number of nitrogens with zero attached hydrogens (tertiary/aromatic N) is 5. The molecule has 2 aliphatic rings. The first-order chi connectivity index (χ1) is 18.6. The zero-order valence-electron chi connectivity index (χ0n) is 21.4. The Bertz CT molecular complexity index is 1400. The number of likely N-dealkylation sites (N-methyl/N-ethyl adjacent to an activating group) is 1. The zero-order chi connectivity index (χ0) is 27.7. The molecule has 0 unspecified atom stereocenters. The van der Waals surface area contributed by atoms with Crippen molar-refractivity contribution in [2.45, 2.75) is 31.6 Å². The second kappa shape index (κ2) is 10.6. The van der Waals surface area contributed by atoms with Crippen LogP contribution in [0.15, 0.2) is 42.5 Å². The number of nitrogen functional groups attached to an aromatic ring is 1. The maximum Gasteiger partial charge on any atom is 0.416 e. The van der Waals surface area contributed by atoms with Gasteiger partial charge in [-0.05, 0) is 49.7 Å². The van der Waals surface area contributed by atoms with Crippen LogP contribution < -0.4 is 16.4 Å². The summed E-state index contributed by atoms with van der Waals surface area (Å²) in [5, 5.41) is 19.2. The molecule has 2 aromatic carbocycles. The Morgan fingerprint density at radius 1 is 1.08 bits per heavy atom. The number of hydrogen-bond acceptors (Lipinski definition) is 6. The Balaban J connectivity index is 1.26. The first kappa shape index (κ1) is 26.5. The van der Waals surface area contributed by atoms with Gasteiger partial charge in [0.1, 0.15) is 23.1 Å². The van der Waals surface area contributed by atoms with Gasteiger partial charge in [0.2, 0.25) is 0 Å². The first-order valence-corrected chi connectivity index (χ1v) is 12.7. The quantitative estimate of drug-likeness (QED) is 0.417. The highest BCUT2D eigenvalue weighted by Crippen LogP contribution is 2.39. The third-order valence-electron chi connectivity index (χ3n) is 7.03. The number of urea groups is 1. The number of carbonyl (C=O) groups excluding carboxylic acids is 1. The smallest absolute Gasteiger partial charge is 0.383 e. The van der Waals surface area contributed by atoms with Gasteiger partial charge in [-0.2, -0.15) is 23.5 Å². The number of nitrogens with one attached hydrogen (secondary N) is 2. The van der Waals surface area contributed by atoms with Crippen molar-refractivity contribution < 1.29 is 18.0 Å². The summed E-state index contributed by atoms with van der Waals surface area (Å²) in [6.07, 6.45) is -2.61. The van der Waals surface area contributed by atoms with E-state index in [4.69, 9.17) is 5.73 Å². The molecule has 1 saturated carbocycles. The van der Waals surface area contributed by atoms with E-state index in [2.05, 4.69) is 26.7 Å². The summed E-state index contributed by atoms with van der Waals surface area (Å²) in [5.74, 6) is 0.337. The highest BCUT2D eigenvalue weighted by Gasteiger charge is 2.34. The molecule has 0 radical (unpaired) electrons. The summed E-state index contributed by atoms with van der Waals surface area (Å²) in [4.78, 5) is 16.7. The predicted molar refractivity (Wildman–Crippen MR) is 142 cm³/mol. The maximum absolute atomic E-state index is 13.8. The minimum Gasteiger partial charge on any atom is -0.383 e. The summed E-state index contributed by atoms with van der Waals surface area (Å²) in [6.45, 7) is 3.20. The van der Waals surface area contributed by atoms with E-state index in [1.54, 1.807) is 28.9 Å². The number of rotatable bonds is 6. The van der Waals surface area contributed by atoms with Crippen LogP contribution in [0.25, 0.3) is 11.3 Å². The number of amides is 2. The fraction of sp³-hybridized carbons (Fsp3) is 0.370. The molecule has 2 heterocycles. The SMILES string of the molecule is CN1CCN(Cc2ccc(NC(=O)Nc3ccc(-c4nn(C5CC5)c(N)c4C#N)cc3)cc2C(F)(F)F)CC1. The summed E-state index contributed by atoms with van der Waals surface area (Å²) in [7, 11) is 1.99. The lowest BCUT2D eigenvalue weighted by molar-refractivity contribution is -0.138. The van der Waals surface area contributed by atoms with Crippen LogP contribution in [0.5, 0.6) is 0 Å². The summed E-state index contributed by atoms with van der Waals surface area (Å²) >= 11 is 0. The van der Waals surface area contributed by atoms with Crippen molar-refractivity contribution in [3.63, 3.8) is 0 Å². The van der Waals surface area contributed by atoms with Crippen LogP contribution in [-0.4, -0.2) is 58.8 Å². The number of nitrogens with two attached hydrogens (primary N) is 1. The lowest BCUT2D eigenvalue weighted by atomic mass is 10.0. The number of nitriles is 1. The highest BCUT2D eigenvalue weighted by atomic mass is 19.4. The third-order valence-corrected chi connectivity index (χ3v) is 7.03. The van der Waals surface area contributed by atoms with Crippen molar-refractivity contribution in [2.75, 3.05) is 49.6 Å². The summed E-state index contributed by atoms with van der Waals surface area (Å²) in [5.41, 5.74) is 7.41. The lowest BCUT2D eigenvalue weighted by Crippen LogP contribution is -2.44. The van der Waals surface area contributed by atoms with E-state index >= 15 is 0 Å². The topological polar surface area (TPSA) is 115 Å². The summed E-state index contributed by atoms with van der Waals surface area (Å²) in [6, 6.07) is 12.2. The first-order valence-electron chi connectivity index (χ1n) is 12.7. The van der Waals surface area contributed by atoms with Gasteiger partial charge in [0.25, 0.3) is 0 Å². The van der Waals surface area contributed by atoms with E-state index < -0.39 is 17.8 Å². The fourth-order valence-corrected chi connectivity index (χ4v) is 4.66. The molecule has 1 aromatic heterocycles. The summed E-state index contributed by atoms with van der Waals surface area (Å²) < 4.78 is 43.2. The number of alkyl halides is 3. The van der Waals surface area contributed by atoms with Gasteiger partial charge in [-0.15, -0.1) is 0 Å². The molecule has 2 fully saturated rings. The zero-order valence-corrected chi connectivity index (χ0v) is 21.4. The van der Waals surface area contributed by atoms with Crippen LogP contribution in [0, 0.1) is 11.3 Å². The van der Waals surface area contributed by atoms with Crippen molar-refractivity contribution in [3.8, 4) is 17.3 Å². The number of benzene rings is 2. The number of anilines is 3. The lowest BCUT2D eigenvalue weighted by Gasteiger charge is -2.33. The minimum atomic E-state index is -4.55. The minimum absolute atomic E-state index is 0.0401. The molecule has 1 saturated heterocycles. The fourth-order valence-electron chi connectivity index (χ4n) is 4.66. The third kappa shape index (κ3) is 6.00. The second-order valence-corrected chi connectivity index (χ2v) is 10.0. The standard InChI is InChI=1S/C27H29F3N8O/c1-36-10-12-37(13-11-36)16-18-4-7-20(14-23(18)27(28,29)30)34-26(39)33-19-5-2-17(3-6-19)24-22(15-31)25(32)38(35-24)21-8-9-21/h2-7,14,21H,8-13,16,32H2,1H3,(H2,33,34,39). The van der Waals surface area contributed by atoms with Crippen LogP contribution in [0.2, 0.25) is 0 Å². The largest absolute Gasteiger partial charge is 0.416 e. The van der Waals surface area contributed by atoms with Crippen molar-refractivity contribution in [2.24, 2.45) is 0 Å². The van der Waals surface area contributed by atoms with Gasteiger partial charge < -0.3 is 21.3 Å². The van der Waals surface area contributed by atoms with Crippen molar-refractivity contribution in [1.29, 1.82) is 5.26 Å². The molecule has 39 heavy (non-hydrogen) atoms. The average Bonchev–Trinajstić information content (AvgIpc) is 3.68. The number of piperazine rings is 1. The van der Waals surface area contributed by atoms with Gasteiger partial charge in [0.15, 0.2) is 0 Å². The number of halogens is 3. The van der Waals surface area contributed by atoms with Crippen LogP contribution in [0.3, 0.4) is 0 Å². The van der Waals surface area contributed by atoms with Crippen LogP contribution >= 0.6 is 0 Å². The van der Waals surface area contributed by atoms with Crippen molar-refractivity contribution in [1.82, 2.24) is 19.6 Å². The van der Waals surface area contributed by atoms with E-state index in [1.807, 2.05) is 11.9 Å². The normalized spacial score (nSPS) is 16.6. The van der Waals surface area contributed by atoms with E-state index in [1.165, 1.54) is 12.1 Å². The monoisotopic (exact) mass is 538 g/mol. The molecule has 204 valence electrons. The Hall–Kier alpha value is -4.08. The van der Waals surface area contributed by atoms with Crippen LogP contribution in [0.1, 0.15) is 35.6 Å². The molecule has 5 rings (SSSR count). The molecular weight excluding hydrogens is 509 g/mol. The highest BCUT2D eigenvalue weighted by molar-refractivity contribution is 6.00. The number of hydrogen-bond donors (Lipinski definition) is 3. The van der Waals surface area contributed by atoms with Gasteiger partial charge in [-0.1, -0.05) is 18.2 Å². The molecule has 1 aliphatic heterocycles. The van der Waals surface area contributed by atoms with E-state index in [-0.39, 0.29) is 23.8 Å². The molecular formula is C27H29F3N8O. The Labute approximate surface area is 224 Å². The van der Waals surface area contributed by atoms with Crippen LogP contribution in [-0.2, 0) is 12.7 Å². The van der Waals surface area contributed by atoms with Crippen molar-refractivity contribution in [3.05, 3.63) is 59.2 Å². The van der Waals surface area contributed by atoms with Gasteiger partial charge in [0, 0.05) is 49.7 Å². The molecule has 3 aromatic rings. The van der Waals surface area contributed by atoms with Crippen molar-refractivity contribution >= 4 is 23.2 Å². The Kier molecular flexibility index (Phi) is 7.20. The van der Waals surface area contributed by atoms with E-state index in [0.29, 0.717) is 41.4 Å². The molecule has 2 amide bonds. The number of aromatic nitrogens is 2. The average molecular weight is 539 g/mol. The van der Waals surface area contributed by atoms with Crippen LogP contribution in [0.4, 0.5) is 35.2 Å². The maximum atomic E-state index is 13.8.